The zero-order chi connectivity index (χ0) is 23.1. The molecular formula is C24H20ClN3O5. The Balaban J connectivity index is 1.59. The van der Waals surface area contributed by atoms with Crippen molar-refractivity contribution in [1.29, 1.82) is 0 Å². The van der Waals surface area contributed by atoms with E-state index in [1.165, 1.54) is 12.1 Å². The first-order valence-electron chi connectivity index (χ1n) is 10.3. The van der Waals surface area contributed by atoms with E-state index in [2.05, 4.69) is 0 Å². The second kappa shape index (κ2) is 8.29. The summed E-state index contributed by atoms with van der Waals surface area (Å²) < 4.78 is 17.1. The van der Waals surface area contributed by atoms with Crippen LogP contribution >= 0.6 is 11.6 Å². The largest absolute Gasteiger partial charge is 0.493 e. The fraction of sp³-hybridized carbons (Fsp3) is 0.208. The van der Waals surface area contributed by atoms with Crippen LogP contribution in [0.5, 0.6) is 17.2 Å². The Hall–Kier alpha value is -3.78. The number of halogens is 1. The number of hydrogen-bond acceptors (Lipinski definition) is 7. The first-order valence-corrected chi connectivity index (χ1v) is 10.6. The number of non-ortho nitro benzene ring substituents is 1. The van der Waals surface area contributed by atoms with Crippen molar-refractivity contribution in [3.63, 3.8) is 0 Å². The van der Waals surface area contributed by atoms with Crippen LogP contribution in [0.4, 0.5) is 5.69 Å². The van der Waals surface area contributed by atoms with Crippen molar-refractivity contribution in [2.45, 2.75) is 18.7 Å². The molecule has 2 heterocycles. The van der Waals surface area contributed by atoms with Gasteiger partial charge in [0.15, 0.2) is 11.5 Å². The van der Waals surface area contributed by atoms with Crippen LogP contribution in [0.3, 0.4) is 0 Å². The van der Waals surface area contributed by atoms with E-state index in [0.29, 0.717) is 34.3 Å². The second-order valence-electron chi connectivity index (χ2n) is 7.72. The van der Waals surface area contributed by atoms with Gasteiger partial charge in [-0.15, -0.1) is 0 Å². The lowest BCUT2D eigenvalue weighted by molar-refractivity contribution is -0.385. The van der Waals surface area contributed by atoms with E-state index in [4.69, 9.17) is 30.9 Å². The molecule has 0 N–H and O–H groups in total. The highest BCUT2D eigenvalue weighted by Crippen LogP contribution is 2.48. The number of ether oxygens (including phenoxy) is 3. The van der Waals surface area contributed by atoms with E-state index in [-0.39, 0.29) is 11.7 Å². The Morgan fingerprint density at radius 3 is 2.67 bits per heavy atom. The van der Waals surface area contributed by atoms with Crippen molar-refractivity contribution in [2.24, 2.45) is 5.10 Å². The van der Waals surface area contributed by atoms with Gasteiger partial charge in [-0.3, -0.25) is 10.1 Å². The van der Waals surface area contributed by atoms with Crippen LogP contribution in [0.25, 0.3) is 0 Å². The molecule has 3 aromatic rings. The van der Waals surface area contributed by atoms with Crippen molar-refractivity contribution in [3.8, 4) is 17.2 Å². The third-order valence-corrected chi connectivity index (χ3v) is 6.07. The first kappa shape index (κ1) is 21.1. The van der Waals surface area contributed by atoms with E-state index in [1.807, 2.05) is 35.3 Å². The van der Waals surface area contributed by atoms with Gasteiger partial charge in [0.2, 0.25) is 6.23 Å². The van der Waals surface area contributed by atoms with Gasteiger partial charge in [0.25, 0.3) is 5.69 Å². The molecule has 3 aromatic carbocycles. The lowest BCUT2D eigenvalue weighted by Gasteiger charge is -2.38. The molecule has 0 saturated carbocycles. The Kier molecular flexibility index (Phi) is 5.30. The van der Waals surface area contributed by atoms with E-state index >= 15 is 0 Å². The molecule has 0 saturated heterocycles. The average molecular weight is 466 g/mol. The number of nitrogens with zero attached hydrogens (tertiary/aromatic N) is 3. The van der Waals surface area contributed by atoms with E-state index in [1.54, 1.807) is 32.4 Å². The van der Waals surface area contributed by atoms with Crippen molar-refractivity contribution in [2.75, 3.05) is 14.2 Å². The molecule has 2 atom stereocenters. The summed E-state index contributed by atoms with van der Waals surface area (Å²) in [5.41, 5.74) is 3.30. The molecule has 0 aliphatic carbocycles. The molecule has 8 nitrogen and oxygen atoms in total. The average Bonchev–Trinajstić information content (AvgIpc) is 3.29. The SMILES string of the molecule is COc1ccc(C2=NN3[C@H](C2)c2cc(Cl)ccc2O[C@@H]3c2cccc([N+](=O)[O-])c2)cc1OC. The minimum absolute atomic E-state index is 0.00200. The molecule has 0 spiro atoms. The summed E-state index contributed by atoms with van der Waals surface area (Å²) in [4.78, 5) is 10.9. The molecule has 5 rings (SSSR count). The number of nitro benzene ring substituents is 1. The van der Waals surface area contributed by atoms with Crippen molar-refractivity contribution in [1.82, 2.24) is 5.01 Å². The predicted molar refractivity (Wildman–Crippen MR) is 123 cm³/mol. The molecule has 0 radical (unpaired) electrons. The third-order valence-electron chi connectivity index (χ3n) is 5.83. The van der Waals surface area contributed by atoms with Gasteiger partial charge < -0.3 is 14.2 Å². The second-order valence-corrected chi connectivity index (χ2v) is 8.16. The quantitative estimate of drug-likeness (QED) is 0.365. The highest BCUT2D eigenvalue weighted by Gasteiger charge is 2.41. The van der Waals surface area contributed by atoms with Gasteiger partial charge in [-0.2, -0.15) is 5.10 Å². The smallest absolute Gasteiger partial charge is 0.269 e. The molecule has 0 amide bonds. The number of benzene rings is 3. The summed E-state index contributed by atoms with van der Waals surface area (Å²) in [7, 11) is 3.18. The maximum Gasteiger partial charge on any atom is 0.269 e. The summed E-state index contributed by atoms with van der Waals surface area (Å²) in [5.74, 6) is 1.92. The Morgan fingerprint density at radius 2 is 1.91 bits per heavy atom. The molecule has 9 heteroatoms. The van der Waals surface area contributed by atoms with Gasteiger partial charge in [0.1, 0.15) is 5.75 Å². The van der Waals surface area contributed by atoms with Gasteiger partial charge in [0, 0.05) is 40.3 Å². The number of rotatable bonds is 5. The van der Waals surface area contributed by atoms with Crippen molar-refractivity contribution in [3.05, 3.63) is 92.5 Å². The van der Waals surface area contributed by atoms with Crippen LogP contribution in [0.2, 0.25) is 5.02 Å². The lowest BCUT2D eigenvalue weighted by atomic mass is 9.95. The summed E-state index contributed by atoms with van der Waals surface area (Å²) in [6.07, 6.45) is -0.0151. The number of hydrogen-bond donors (Lipinski definition) is 0. The molecule has 2 aliphatic rings. The zero-order valence-corrected chi connectivity index (χ0v) is 18.7. The first-order chi connectivity index (χ1) is 16.0. The van der Waals surface area contributed by atoms with Gasteiger partial charge in [-0.1, -0.05) is 23.7 Å². The van der Waals surface area contributed by atoms with Crippen LogP contribution in [-0.4, -0.2) is 29.9 Å². The number of hydrazone groups is 1. The van der Waals surface area contributed by atoms with Crippen LogP contribution in [0, 0.1) is 10.1 Å². The normalized spacial score (nSPS) is 18.6. The molecular weight excluding hydrogens is 446 g/mol. The predicted octanol–water partition coefficient (Wildman–Crippen LogP) is 5.51. The zero-order valence-electron chi connectivity index (χ0n) is 17.9. The fourth-order valence-corrected chi connectivity index (χ4v) is 4.44. The van der Waals surface area contributed by atoms with Crippen LogP contribution in [-0.2, 0) is 0 Å². The standard InChI is InChI=1S/C24H20ClN3O5/c1-31-22-8-6-14(11-23(22)32-2)19-13-20-18-12-16(25)7-9-21(18)33-24(27(20)26-19)15-4-3-5-17(10-15)28(29)30/h3-12,20,24H,13H2,1-2H3/t20-,24-/m1/s1. The summed E-state index contributed by atoms with van der Waals surface area (Å²) in [6, 6.07) is 17.4. The summed E-state index contributed by atoms with van der Waals surface area (Å²) >= 11 is 6.29. The molecule has 168 valence electrons. The third kappa shape index (κ3) is 3.72. The van der Waals surface area contributed by atoms with Crippen LogP contribution in [0.15, 0.2) is 65.8 Å². The summed E-state index contributed by atoms with van der Waals surface area (Å²) in [6.45, 7) is 0. The maximum atomic E-state index is 11.3. The van der Waals surface area contributed by atoms with E-state index < -0.39 is 11.2 Å². The van der Waals surface area contributed by atoms with Crippen molar-refractivity contribution >= 4 is 23.0 Å². The molecule has 0 bridgehead atoms. The Bertz CT molecular complexity index is 1280. The Morgan fingerprint density at radius 1 is 1.09 bits per heavy atom. The van der Waals surface area contributed by atoms with Gasteiger partial charge in [0.05, 0.1) is 30.9 Å². The molecule has 0 fully saturated rings. The van der Waals surface area contributed by atoms with E-state index in [0.717, 1.165) is 16.8 Å². The van der Waals surface area contributed by atoms with Crippen LogP contribution in [0.1, 0.15) is 35.4 Å². The Labute approximate surface area is 195 Å². The molecule has 33 heavy (non-hydrogen) atoms. The van der Waals surface area contributed by atoms with E-state index in [9.17, 15) is 10.1 Å². The lowest BCUT2D eigenvalue weighted by Crippen LogP contribution is -2.33. The van der Waals surface area contributed by atoms with Gasteiger partial charge in [-0.25, -0.2) is 5.01 Å². The van der Waals surface area contributed by atoms with Gasteiger partial charge in [-0.05, 0) is 36.4 Å². The summed E-state index contributed by atoms with van der Waals surface area (Å²) in [5, 5.41) is 18.7. The van der Waals surface area contributed by atoms with Gasteiger partial charge >= 0.3 is 0 Å². The molecule has 2 aliphatic heterocycles. The van der Waals surface area contributed by atoms with Crippen LogP contribution < -0.4 is 14.2 Å². The number of nitro groups is 1. The minimum atomic E-state index is -0.624. The van der Waals surface area contributed by atoms with Crippen molar-refractivity contribution < 1.29 is 19.1 Å². The number of methoxy groups -OCH3 is 2. The molecule has 0 aromatic heterocycles. The highest BCUT2D eigenvalue weighted by molar-refractivity contribution is 6.30. The number of fused-ring (bicyclic) bond motifs is 3. The monoisotopic (exact) mass is 465 g/mol. The highest BCUT2D eigenvalue weighted by atomic mass is 35.5. The fourth-order valence-electron chi connectivity index (χ4n) is 4.26. The topological polar surface area (TPSA) is 86.4 Å². The minimum Gasteiger partial charge on any atom is -0.493 e. The maximum absolute atomic E-state index is 11.3. The molecule has 0 unspecified atom stereocenters.